The zero-order chi connectivity index (χ0) is 21.3. The van der Waals surface area contributed by atoms with Crippen molar-refractivity contribution in [1.29, 1.82) is 0 Å². The lowest BCUT2D eigenvalue weighted by atomic mass is 10.0. The molecule has 0 saturated heterocycles. The van der Waals surface area contributed by atoms with E-state index in [1.807, 2.05) is 0 Å². The first-order valence-electron chi connectivity index (χ1n) is 8.99. The number of aromatic nitrogens is 2. The number of halogens is 4. The SMILES string of the molecule is O=C(NCc1ccccc1F)c1cn2cc(-c3cccc(C(F)(F)F)c3)ccc2n1. The second-order valence-corrected chi connectivity index (χ2v) is 6.66. The van der Waals surface area contributed by atoms with Gasteiger partial charge in [0.25, 0.3) is 5.91 Å². The Morgan fingerprint density at radius 3 is 2.53 bits per heavy atom. The molecule has 0 spiro atoms. The number of nitrogens with one attached hydrogen (secondary N) is 1. The maximum atomic E-state index is 13.7. The number of rotatable bonds is 4. The minimum Gasteiger partial charge on any atom is -0.346 e. The van der Waals surface area contributed by atoms with Gasteiger partial charge in [-0.3, -0.25) is 4.79 Å². The van der Waals surface area contributed by atoms with Crippen molar-refractivity contribution in [2.75, 3.05) is 0 Å². The minimum atomic E-state index is -4.43. The van der Waals surface area contributed by atoms with Gasteiger partial charge >= 0.3 is 6.18 Å². The van der Waals surface area contributed by atoms with E-state index in [0.717, 1.165) is 12.1 Å². The molecule has 152 valence electrons. The number of imidazole rings is 1. The molecule has 4 aromatic rings. The maximum absolute atomic E-state index is 13.7. The summed E-state index contributed by atoms with van der Waals surface area (Å²) >= 11 is 0. The highest BCUT2D eigenvalue weighted by Gasteiger charge is 2.30. The van der Waals surface area contributed by atoms with Crippen LogP contribution < -0.4 is 5.32 Å². The van der Waals surface area contributed by atoms with Crippen LogP contribution >= 0.6 is 0 Å². The zero-order valence-electron chi connectivity index (χ0n) is 15.4. The first-order chi connectivity index (χ1) is 14.3. The third kappa shape index (κ3) is 4.03. The van der Waals surface area contributed by atoms with Crippen LogP contribution in [0.1, 0.15) is 21.6 Å². The Balaban J connectivity index is 1.57. The molecule has 0 atom stereocenters. The highest BCUT2D eigenvalue weighted by Crippen LogP contribution is 2.32. The van der Waals surface area contributed by atoms with E-state index in [1.165, 1.54) is 18.3 Å². The summed E-state index contributed by atoms with van der Waals surface area (Å²) in [4.78, 5) is 16.6. The molecule has 4 nitrogen and oxygen atoms in total. The average Bonchev–Trinajstić information content (AvgIpc) is 3.16. The fraction of sp³-hybridized carbons (Fsp3) is 0.0909. The number of carbonyl (C=O) groups excluding carboxylic acids is 1. The number of hydrogen-bond donors (Lipinski definition) is 1. The van der Waals surface area contributed by atoms with Gasteiger partial charge in [-0.05, 0) is 41.5 Å². The number of carbonyl (C=O) groups is 1. The van der Waals surface area contributed by atoms with E-state index in [4.69, 9.17) is 0 Å². The van der Waals surface area contributed by atoms with E-state index in [2.05, 4.69) is 10.3 Å². The summed E-state index contributed by atoms with van der Waals surface area (Å²) in [6.45, 7) is 0.00879. The van der Waals surface area contributed by atoms with Crippen LogP contribution in [0, 0.1) is 5.82 Å². The van der Waals surface area contributed by atoms with Gasteiger partial charge < -0.3 is 9.72 Å². The van der Waals surface area contributed by atoms with Gasteiger partial charge in [0, 0.05) is 24.5 Å². The van der Waals surface area contributed by atoms with E-state index >= 15 is 0 Å². The molecule has 2 heterocycles. The molecular weight excluding hydrogens is 398 g/mol. The number of benzene rings is 2. The van der Waals surface area contributed by atoms with Crippen molar-refractivity contribution in [2.45, 2.75) is 12.7 Å². The first kappa shape index (κ1) is 19.6. The molecule has 2 aromatic carbocycles. The summed E-state index contributed by atoms with van der Waals surface area (Å²) in [6, 6.07) is 14.4. The molecular formula is C22H15F4N3O. The van der Waals surface area contributed by atoms with Crippen LogP contribution in [-0.4, -0.2) is 15.3 Å². The summed E-state index contributed by atoms with van der Waals surface area (Å²) in [5.74, 6) is -0.902. The quantitative estimate of drug-likeness (QED) is 0.474. The van der Waals surface area contributed by atoms with Crippen molar-refractivity contribution in [3.63, 3.8) is 0 Å². The van der Waals surface area contributed by atoms with E-state index in [-0.39, 0.29) is 12.2 Å². The molecule has 1 N–H and O–H groups in total. The molecule has 4 rings (SSSR count). The van der Waals surface area contributed by atoms with Gasteiger partial charge in [0.2, 0.25) is 0 Å². The Bertz CT molecular complexity index is 1230. The molecule has 8 heteroatoms. The van der Waals surface area contributed by atoms with Crippen molar-refractivity contribution in [1.82, 2.24) is 14.7 Å². The third-order valence-electron chi connectivity index (χ3n) is 4.60. The van der Waals surface area contributed by atoms with Crippen molar-refractivity contribution in [2.24, 2.45) is 0 Å². The molecule has 0 aliphatic carbocycles. The van der Waals surface area contributed by atoms with Crippen LogP contribution in [0.3, 0.4) is 0 Å². The third-order valence-corrected chi connectivity index (χ3v) is 4.60. The summed E-state index contributed by atoms with van der Waals surface area (Å²) < 4.78 is 54.1. The Kier molecular flexibility index (Phi) is 4.99. The molecule has 0 aliphatic heterocycles. The Morgan fingerprint density at radius 1 is 0.967 bits per heavy atom. The molecule has 0 bridgehead atoms. The van der Waals surface area contributed by atoms with Gasteiger partial charge in [-0.2, -0.15) is 13.2 Å². The molecule has 0 saturated carbocycles. The number of pyridine rings is 1. The second-order valence-electron chi connectivity index (χ2n) is 6.66. The Labute approximate surface area is 168 Å². The monoisotopic (exact) mass is 413 g/mol. The number of amides is 1. The molecule has 0 radical (unpaired) electrons. The van der Waals surface area contributed by atoms with Gasteiger partial charge in [0.1, 0.15) is 17.2 Å². The van der Waals surface area contributed by atoms with E-state index in [0.29, 0.717) is 22.3 Å². The van der Waals surface area contributed by atoms with Gasteiger partial charge in [-0.15, -0.1) is 0 Å². The maximum Gasteiger partial charge on any atom is 0.416 e. The average molecular weight is 413 g/mol. The first-order valence-corrected chi connectivity index (χ1v) is 8.99. The van der Waals surface area contributed by atoms with Crippen molar-refractivity contribution >= 4 is 11.6 Å². The predicted molar refractivity (Wildman–Crippen MR) is 103 cm³/mol. The van der Waals surface area contributed by atoms with E-state index < -0.39 is 23.5 Å². The van der Waals surface area contributed by atoms with Gasteiger partial charge in [-0.1, -0.05) is 30.3 Å². The Hall–Kier alpha value is -3.68. The smallest absolute Gasteiger partial charge is 0.346 e. The lowest BCUT2D eigenvalue weighted by molar-refractivity contribution is -0.137. The van der Waals surface area contributed by atoms with Crippen molar-refractivity contribution in [3.05, 3.63) is 95.7 Å². The fourth-order valence-electron chi connectivity index (χ4n) is 3.05. The van der Waals surface area contributed by atoms with Gasteiger partial charge in [-0.25, -0.2) is 9.37 Å². The predicted octanol–water partition coefficient (Wildman–Crippen LogP) is 5.09. The second kappa shape index (κ2) is 7.62. The largest absolute Gasteiger partial charge is 0.416 e. The van der Waals surface area contributed by atoms with Gasteiger partial charge in [0.05, 0.1) is 5.56 Å². The van der Waals surface area contributed by atoms with Crippen LogP contribution in [0.25, 0.3) is 16.8 Å². The van der Waals surface area contributed by atoms with Crippen molar-refractivity contribution < 1.29 is 22.4 Å². The lowest BCUT2D eigenvalue weighted by Gasteiger charge is -2.09. The van der Waals surface area contributed by atoms with Crippen LogP contribution in [-0.2, 0) is 12.7 Å². The summed E-state index contributed by atoms with van der Waals surface area (Å²) in [5.41, 5.74) is 1.13. The highest BCUT2D eigenvalue weighted by atomic mass is 19.4. The summed E-state index contributed by atoms with van der Waals surface area (Å²) in [7, 11) is 0. The number of fused-ring (bicyclic) bond motifs is 1. The molecule has 1 amide bonds. The normalized spacial score (nSPS) is 11.6. The Morgan fingerprint density at radius 2 is 1.77 bits per heavy atom. The van der Waals surface area contributed by atoms with E-state index in [9.17, 15) is 22.4 Å². The van der Waals surface area contributed by atoms with Crippen LogP contribution in [0.5, 0.6) is 0 Å². The summed E-state index contributed by atoms with van der Waals surface area (Å²) in [6.07, 6.45) is -1.35. The number of alkyl halides is 3. The molecule has 2 aromatic heterocycles. The minimum absolute atomic E-state index is 0.00879. The number of nitrogens with zero attached hydrogens (tertiary/aromatic N) is 2. The molecule has 0 unspecified atom stereocenters. The van der Waals surface area contributed by atoms with Crippen LogP contribution in [0.2, 0.25) is 0 Å². The van der Waals surface area contributed by atoms with Gasteiger partial charge in [0.15, 0.2) is 0 Å². The zero-order valence-corrected chi connectivity index (χ0v) is 15.4. The number of hydrogen-bond acceptors (Lipinski definition) is 2. The highest BCUT2D eigenvalue weighted by molar-refractivity contribution is 5.92. The molecule has 30 heavy (non-hydrogen) atoms. The fourth-order valence-corrected chi connectivity index (χ4v) is 3.05. The molecule has 0 fully saturated rings. The van der Waals surface area contributed by atoms with Crippen LogP contribution in [0.4, 0.5) is 17.6 Å². The van der Waals surface area contributed by atoms with Crippen molar-refractivity contribution in [3.8, 4) is 11.1 Å². The summed E-state index contributed by atoms with van der Waals surface area (Å²) in [5, 5.41) is 2.61. The molecule has 0 aliphatic rings. The standard InChI is InChI=1S/C22H15F4N3O/c23-18-7-2-1-4-15(18)11-27-21(30)19-13-29-12-16(8-9-20(29)28-19)14-5-3-6-17(10-14)22(24,25)26/h1-10,12-13H,11H2,(H,27,30). The van der Waals surface area contributed by atoms with Crippen LogP contribution in [0.15, 0.2) is 73.1 Å². The van der Waals surface area contributed by atoms with E-state index in [1.54, 1.807) is 47.0 Å². The lowest BCUT2D eigenvalue weighted by Crippen LogP contribution is -2.23. The topological polar surface area (TPSA) is 46.4 Å².